The van der Waals surface area contributed by atoms with E-state index < -0.39 is 17.6 Å². The predicted molar refractivity (Wildman–Crippen MR) is 51.0 cm³/mol. The molecule has 0 aliphatic heterocycles. The first-order chi connectivity index (χ1) is 6.34. The number of aliphatic carboxylic acids is 1. The van der Waals surface area contributed by atoms with Gasteiger partial charge in [-0.3, -0.25) is 0 Å². The molecule has 0 spiro atoms. The first-order valence-electron chi connectivity index (χ1n) is 4.53. The maximum absolute atomic E-state index is 11.1. The summed E-state index contributed by atoms with van der Waals surface area (Å²) in [7, 11) is 0. The van der Waals surface area contributed by atoms with Gasteiger partial charge in [-0.25, -0.2) is 9.59 Å². The van der Waals surface area contributed by atoms with E-state index in [0.717, 1.165) is 0 Å². The highest BCUT2D eigenvalue weighted by molar-refractivity contribution is 5.84. The summed E-state index contributed by atoms with van der Waals surface area (Å²) in [4.78, 5) is 22.0. The Hall–Kier alpha value is -1.26. The number of carbonyl (C=O) groups is 2. The second kappa shape index (κ2) is 4.83. The molecule has 0 aliphatic rings. The molecule has 0 saturated heterocycles. The van der Waals surface area contributed by atoms with Gasteiger partial charge < -0.3 is 15.2 Å². The highest BCUT2D eigenvalue weighted by Crippen LogP contribution is 2.16. The molecular formula is C9H17NO4. The first kappa shape index (κ1) is 12.7. The monoisotopic (exact) mass is 203 g/mol. The Morgan fingerprint density at radius 3 is 2.29 bits per heavy atom. The smallest absolute Gasteiger partial charge is 0.408 e. The summed E-state index contributed by atoms with van der Waals surface area (Å²) in [6.45, 7) is 6.78. The minimum absolute atomic E-state index is 0.218. The molecule has 0 aromatic heterocycles. The lowest BCUT2D eigenvalue weighted by atomic mass is 9.89. The molecule has 0 fully saturated rings. The van der Waals surface area contributed by atoms with E-state index in [9.17, 15) is 9.59 Å². The van der Waals surface area contributed by atoms with Crippen molar-refractivity contribution in [2.24, 2.45) is 5.92 Å². The van der Waals surface area contributed by atoms with E-state index in [2.05, 4.69) is 10.1 Å². The van der Waals surface area contributed by atoms with Gasteiger partial charge in [-0.05, 0) is 19.8 Å². The van der Waals surface area contributed by atoms with Crippen LogP contribution in [0.3, 0.4) is 0 Å². The van der Waals surface area contributed by atoms with Gasteiger partial charge in [-0.2, -0.15) is 0 Å². The van der Waals surface area contributed by atoms with Gasteiger partial charge in [0.25, 0.3) is 0 Å². The predicted octanol–water partition coefficient (Wildman–Crippen LogP) is 1.23. The molecule has 0 rings (SSSR count). The quantitative estimate of drug-likeness (QED) is 0.720. The topological polar surface area (TPSA) is 75.6 Å². The Kier molecular flexibility index (Phi) is 4.40. The van der Waals surface area contributed by atoms with Gasteiger partial charge in [0.15, 0.2) is 0 Å². The molecule has 5 nitrogen and oxygen atoms in total. The fourth-order valence-corrected chi connectivity index (χ4v) is 0.824. The Balaban J connectivity index is 4.54. The number of hydrogen-bond donors (Lipinski definition) is 2. The highest BCUT2D eigenvalue weighted by atomic mass is 16.5. The van der Waals surface area contributed by atoms with Crippen molar-refractivity contribution < 1.29 is 19.4 Å². The second-order valence-corrected chi connectivity index (χ2v) is 3.51. The zero-order valence-corrected chi connectivity index (χ0v) is 8.96. The zero-order chi connectivity index (χ0) is 11.4. The van der Waals surface area contributed by atoms with E-state index in [1.165, 1.54) is 6.92 Å². The summed E-state index contributed by atoms with van der Waals surface area (Å²) < 4.78 is 4.62. The van der Waals surface area contributed by atoms with Crippen LogP contribution >= 0.6 is 0 Å². The number of carboxylic acids is 1. The van der Waals surface area contributed by atoms with Crippen LogP contribution in [0, 0.1) is 5.92 Å². The summed E-state index contributed by atoms with van der Waals surface area (Å²) in [5, 5.41) is 11.3. The number of amides is 1. The number of hydrogen-bond acceptors (Lipinski definition) is 3. The molecule has 0 radical (unpaired) electrons. The summed E-state index contributed by atoms with van der Waals surface area (Å²) in [6.07, 6.45) is -0.703. The molecule has 82 valence electrons. The summed E-state index contributed by atoms with van der Waals surface area (Å²) in [6, 6.07) is 0. The zero-order valence-electron chi connectivity index (χ0n) is 8.96. The molecule has 0 heterocycles. The van der Waals surface area contributed by atoms with E-state index in [1.54, 1.807) is 20.8 Å². The number of carboxylic acid groups (broad SMARTS) is 1. The van der Waals surface area contributed by atoms with Crippen molar-refractivity contribution in [2.75, 3.05) is 6.61 Å². The third-order valence-electron chi connectivity index (χ3n) is 2.24. The lowest BCUT2D eigenvalue weighted by molar-refractivity contribution is -0.145. The van der Waals surface area contributed by atoms with E-state index in [4.69, 9.17) is 5.11 Å². The van der Waals surface area contributed by atoms with Gasteiger partial charge in [-0.15, -0.1) is 0 Å². The van der Waals surface area contributed by atoms with Crippen molar-refractivity contribution in [1.82, 2.24) is 5.32 Å². The molecule has 0 bridgehead atoms. The van der Waals surface area contributed by atoms with Gasteiger partial charge >= 0.3 is 12.1 Å². The largest absolute Gasteiger partial charge is 0.480 e. The van der Waals surface area contributed by atoms with Gasteiger partial charge in [0.2, 0.25) is 0 Å². The first-order valence-corrected chi connectivity index (χ1v) is 4.53. The van der Waals surface area contributed by atoms with Crippen molar-refractivity contribution in [1.29, 1.82) is 0 Å². The van der Waals surface area contributed by atoms with Gasteiger partial charge in [-0.1, -0.05) is 13.8 Å². The normalized spacial score (nSPS) is 14.6. The molecule has 1 unspecified atom stereocenters. The number of carbonyl (C=O) groups excluding carboxylic acids is 1. The van der Waals surface area contributed by atoms with E-state index in [-0.39, 0.29) is 12.5 Å². The Morgan fingerprint density at radius 2 is 2.00 bits per heavy atom. The van der Waals surface area contributed by atoms with Gasteiger partial charge in [0.05, 0.1) is 6.61 Å². The van der Waals surface area contributed by atoms with Crippen LogP contribution < -0.4 is 5.32 Å². The number of rotatable bonds is 4. The molecule has 0 saturated carbocycles. The van der Waals surface area contributed by atoms with E-state index in [0.29, 0.717) is 0 Å². The summed E-state index contributed by atoms with van der Waals surface area (Å²) in [5.41, 5.74) is -1.29. The Morgan fingerprint density at radius 1 is 1.50 bits per heavy atom. The van der Waals surface area contributed by atoms with Crippen LogP contribution in [0.1, 0.15) is 27.7 Å². The molecule has 5 heteroatoms. The van der Waals surface area contributed by atoms with Gasteiger partial charge in [0.1, 0.15) is 5.54 Å². The maximum Gasteiger partial charge on any atom is 0.408 e. The number of ether oxygens (including phenoxy) is 1. The standard InChI is InChI=1S/C9H17NO4/c1-5-14-8(13)10-9(4,6(2)3)7(11)12/h6H,5H2,1-4H3,(H,10,13)(H,11,12). The average molecular weight is 203 g/mol. The van der Waals surface area contributed by atoms with Crippen LogP contribution in [0.15, 0.2) is 0 Å². The lowest BCUT2D eigenvalue weighted by Crippen LogP contribution is -2.55. The molecule has 0 aliphatic carbocycles. The van der Waals surface area contributed by atoms with Crippen molar-refractivity contribution in [3.8, 4) is 0 Å². The van der Waals surface area contributed by atoms with Crippen molar-refractivity contribution in [3.63, 3.8) is 0 Å². The second-order valence-electron chi connectivity index (χ2n) is 3.51. The van der Waals surface area contributed by atoms with E-state index >= 15 is 0 Å². The highest BCUT2D eigenvalue weighted by Gasteiger charge is 2.38. The third-order valence-corrected chi connectivity index (χ3v) is 2.24. The van der Waals surface area contributed by atoms with Crippen LogP contribution in [0.5, 0.6) is 0 Å². The summed E-state index contributed by atoms with van der Waals surface area (Å²) >= 11 is 0. The average Bonchev–Trinajstić information content (AvgIpc) is 2.03. The molecule has 0 aromatic carbocycles. The van der Waals surface area contributed by atoms with Crippen LogP contribution in [0.4, 0.5) is 4.79 Å². The molecule has 1 atom stereocenters. The van der Waals surface area contributed by atoms with Crippen LogP contribution in [-0.2, 0) is 9.53 Å². The minimum Gasteiger partial charge on any atom is -0.480 e. The molecule has 14 heavy (non-hydrogen) atoms. The Bertz CT molecular complexity index is 227. The SMILES string of the molecule is CCOC(=O)NC(C)(C(=O)O)C(C)C. The number of alkyl carbamates (subject to hydrolysis) is 1. The van der Waals surface area contributed by atoms with Crippen molar-refractivity contribution in [3.05, 3.63) is 0 Å². The number of nitrogens with one attached hydrogen (secondary N) is 1. The molecule has 0 aromatic rings. The van der Waals surface area contributed by atoms with Crippen LogP contribution in [0.25, 0.3) is 0 Å². The fraction of sp³-hybridized carbons (Fsp3) is 0.778. The minimum atomic E-state index is -1.29. The van der Waals surface area contributed by atoms with Gasteiger partial charge in [0, 0.05) is 0 Å². The van der Waals surface area contributed by atoms with Crippen LogP contribution in [0.2, 0.25) is 0 Å². The molecule has 2 N–H and O–H groups in total. The Labute approximate surface area is 83.4 Å². The van der Waals surface area contributed by atoms with Crippen molar-refractivity contribution in [2.45, 2.75) is 33.2 Å². The maximum atomic E-state index is 11.1. The van der Waals surface area contributed by atoms with Crippen molar-refractivity contribution >= 4 is 12.1 Å². The van der Waals surface area contributed by atoms with Crippen LogP contribution in [-0.4, -0.2) is 29.3 Å². The summed E-state index contributed by atoms with van der Waals surface area (Å²) in [5.74, 6) is -1.29. The third kappa shape index (κ3) is 2.90. The van der Waals surface area contributed by atoms with E-state index in [1.807, 2.05) is 0 Å². The molecular weight excluding hydrogens is 186 g/mol. The fourth-order valence-electron chi connectivity index (χ4n) is 0.824. The lowest BCUT2D eigenvalue weighted by Gasteiger charge is -2.29. The molecule has 1 amide bonds.